The number of unbranched alkanes of at least 4 members (excludes halogenated alkanes) is 1. The first-order valence-electron chi connectivity index (χ1n) is 11.3. The SMILES string of the molecule is CCCC[C@]1(CC)CS(=O)(=O)c2c(cc(OC)c(OC)c2OC)[C@@H](c2ccccc2)N1OC. The van der Waals surface area contributed by atoms with Crippen molar-refractivity contribution in [2.45, 2.75) is 56.0 Å². The molecule has 182 valence electrons. The summed E-state index contributed by atoms with van der Waals surface area (Å²) in [5.74, 6) is 0.728. The van der Waals surface area contributed by atoms with Gasteiger partial charge in [0.25, 0.3) is 0 Å². The van der Waals surface area contributed by atoms with E-state index < -0.39 is 21.4 Å². The number of hydrogen-bond donors (Lipinski definition) is 0. The fraction of sp³-hybridized carbons (Fsp3) is 0.520. The average molecular weight is 478 g/mol. The van der Waals surface area contributed by atoms with Crippen LogP contribution in [0.2, 0.25) is 0 Å². The number of hydrogen-bond acceptors (Lipinski definition) is 7. The molecule has 0 fully saturated rings. The van der Waals surface area contributed by atoms with Crippen LogP contribution in [0.5, 0.6) is 17.2 Å². The van der Waals surface area contributed by atoms with Crippen molar-refractivity contribution in [2.75, 3.05) is 34.2 Å². The molecular weight excluding hydrogens is 442 g/mol. The summed E-state index contributed by atoms with van der Waals surface area (Å²) in [6.07, 6.45) is 3.12. The molecule has 0 N–H and O–H groups in total. The Morgan fingerprint density at radius 3 is 2.18 bits per heavy atom. The van der Waals surface area contributed by atoms with E-state index in [2.05, 4.69) is 6.92 Å². The molecule has 7 nitrogen and oxygen atoms in total. The minimum absolute atomic E-state index is 0.0908. The van der Waals surface area contributed by atoms with E-state index in [0.717, 1.165) is 18.4 Å². The fourth-order valence-electron chi connectivity index (χ4n) is 4.93. The van der Waals surface area contributed by atoms with Gasteiger partial charge in [-0.3, -0.25) is 0 Å². The van der Waals surface area contributed by atoms with Gasteiger partial charge in [0, 0.05) is 5.56 Å². The van der Waals surface area contributed by atoms with Gasteiger partial charge in [-0.1, -0.05) is 57.0 Å². The van der Waals surface area contributed by atoms with Gasteiger partial charge < -0.3 is 19.0 Å². The Morgan fingerprint density at radius 1 is 1.00 bits per heavy atom. The zero-order valence-electron chi connectivity index (χ0n) is 20.4. The van der Waals surface area contributed by atoms with E-state index in [9.17, 15) is 8.42 Å². The summed E-state index contributed by atoms with van der Waals surface area (Å²) < 4.78 is 44.9. The van der Waals surface area contributed by atoms with Gasteiger partial charge in [0.1, 0.15) is 4.90 Å². The van der Waals surface area contributed by atoms with Gasteiger partial charge in [-0.05, 0) is 24.5 Å². The number of hydroxylamine groups is 2. The van der Waals surface area contributed by atoms with Crippen molar-refractivity contribution >= 4 is 9.84 Å². The Bertz CT molecular complexity index is 1060. The van der Waals surface area contributed by atoms with Gasteiger partial charge in [-0.2, -0.15) is 5.06 Å². The van der Waals surface area contributed by atoms with Crippen LogP contribution in [0.4, 0.5) is 0 Å². The molecule has 1 aliphatic rings. The maximum atomic E-state index is 14.1. The van der Waals surface area contributed by atoms with Crippen molar-refractivity contribution in [3.8, 4) is 17.2 Å². The molecule has 0 aromatic heterocycles. The van der Waals surface area contributed by atoms with Gasteiger partial charge >= 0.3 is 0 Å². The van der Waals surface area contributed by atoms with Crippen molar-refractivity contribution in [3.63, 3.8) is 0 Å². The van der Waals surface area contributed by atoms with Gasteiger partial charge in [-0.15, -0.1) is 0 Å². The molecule has 0 spiro atoms. The highest BCUT2D eigenvalue weighted by atomic mass is 32.2. The van der Waals surface area contributed by atoms with E-state index in [1.165, 1.54) is 21.3 Å². The monoisotopic (exact) mass is 477 g/mol. The van der Waals surface area contributed by atoms with Crippen LogP contribution in [-0.2, 0) is 14.7 Å². The summed E-state index contributed by atoms with van der Waals surface area (Å²) in [5.41, 5.74) is 0.736. The molecule has 2 atom stereocenters. The largest absolute Gasteiger partial charge is 0.493 e. The Kier molecular flexibility index (Phi) is 7.92. The predicted octanol–water partition coefficient (Wildman–Crippen LogP) is 4.79. The Balaban J connectivity index is 2.47. The lowest BCUT2D eigenvalue weighted by Crippen LogP contribution is -2.52. The second-order valence-electron chi connectivity index (χ2n) is 8.33. The number of nitrogens with zero attached hydrogens (tertiary/aromatic N) is 1. The highest BCUT2D eigenvalue weighted by molar-refractivity contribution is 7.91. The summed E-state index contributed by atoms with van der Waals surface area (Å²) >= 11 is 0. The summed E-state index contributed by atoms with van der Waals surface area (Å²) in [5, 5.41) is 1.88. The molecule has 3 rings (SSSR count). The molecule has 0 saturated heterocycles. The lowest BCUT2D eigenvalue weighted by molar-refractivity contribution is -0.220. The maximum absolute atomic E-state index is 14.1. The van der Waals surface area contributed by atoms with Crippen LogP contribution in [0.3, 0.4) is 0 Å². The molecule has 33 heavy (non-hydrogen) atoms. The van der Waals surface area contributed by atoms with Crippen LogP contribution in [0.25, 0.3) is 0 Å². The van der Waals surface area contributed by atoms with E-state index >= 15 is 0 Å². The van der Waals surface area contributed by atoms with Gasteiger partial charge in [0.05, 0.1) is 45.8 Å². The van der Waals surface area contributed by atoms with Crippen molar-refractivity contribution in [1.82, 2.24) is 5.06 Å². The average Bonchev–Trinajstić information content (AvgIpc) is 2.91. The van der Waals surface area contributed by atoms with E-state index in [4.69, 9.17) is 19.0 Å². The third kappa shape index (κ3) is 4.44. The number of rotatable bonds is 9. The normalized spacial score (nSPS) is 22.3. The van der Waals surface area contributed by atoms with Crippen LogP contribution in [-0.4, -0.2) is 53.2 Å². The first-order chi connectivity index (χ1) is 15.8. The molecule has 0 unspecified atom stereocenters. The molecule has 0 radical (unpaired) electrons. The molecule has 0 aliphatic carbocycles. The summed E-state index contributed by atoms with van der Waals surface area (Å²) in [4.78, 5) is 6.18. The van der Waals surface area contributed by atoms with Crippen LogP contribution in [0, 0.1) is 0 Å². The van der Waals surface area contributed by atoms with Gasteiger partial charge in [-0.25, -0.2) is 8.42 Å². The second-order valence-corrected chi connectivity index (χ2v) is 10.3. The Labute approximate surface area is 197 Å². The van der Waals surface area contributed by atoms with E-state index in [1.54, 1.807) is 13.2 Å². The minimum Gasteiger partial charge on any atom is -0.493 e. The highest BCUT2D eigenvalue weighted by Crippen LogP contribution is 2.52. The van der Waals surface area contributed by atoms with Crippen LogP contribution >= 0.6 is 0 Å². The smallest absolute Gasteiger partial charge is 0.204 e. The third-order valence-electron chi connectivity index (χ3n) is 6.55. The standard InChI is InChI=1S/C25H35NO6S/c1-7-9-15-25(8-2)17-33(27,28)24-19(16-20(29-3)22(30-4)23(24)31-5)21(26(25)32-6)18-13-11-10-12-14-18/h10-14,16,21H,7-9,15,17H2,1-6H3/t21-,25-/m1/s1. The molecule has 0 saturated carbocycles. The topological polar surface area (TPSA) is 74.3 Å². The Hall–Kier alpha value is -2.29. The lowest BCUT2D eigenvalue weighted by Gasteiger charge is -2.44. The third-order valence-corrected chi connectivity index (χ3v) is 8.51. The zero-order valence-corrected chi connectivity index (χ0v) is 21.2. The first kappa shape index (κ1) is 25.3. The Morgan fingerprint density at radius 2 is 1.67 bits per heavy atom. The number of methoxy groups -OCH3 is 3. The lowest BCUT2D eigenvalue weighted by atomic mass is 9.87. The molecule has 1 heterocycles. The summed E-state index contributed by atoms with van der Waals surface area (Å²) in [7, 11) is 2.27. The quantitative estimate of drug-likeness (QED) is 0.514. The van der Waals surface area contributed by atoms with Crippen molar-refractivity contribution in [2.24, 2.45) is 0 Å². The number of ether oxygens (including phenoxy) is 3. The fourth-order valence-corrected chi connectivity index (χ4v) is 7.25. The van der Waals surface area contributed by atoms with E-state index in [1.807, 2.05) is 42.3 Å². The minimum atomic E-state index is -3.80. The summed E-state index contributed by atoms with van der Waals surface area (Å²) in [6, 6.07) is 11.1. The van der Waals surface area contributed by atoms with Gasteiger partial charge in [0.15, 0.2) is 21.3 Å². The van der Waals surface area contributed by atoms with E-state index in [-0.39, 0.29) is 22.1 Å². The molecule has 0 amide bonds. The van der Waals surface area contributed by atoms with Crippen molar-refractivity contribution in [1.29, 1.82) is 0 Å². The predicted molar refractivity (Wildman–Crippen MR) is 128 cm³/mol. The van der Waals surface area contributed by atoms with Gasteiger partial charge in [0.2, 0.25) is 5.75 Å². The molecular formula is C25H35NO6S. The molecule has 2 aromatic rings. The van der Waals surface area contributed by atoms with E-state index in [0.29, 0.717) is 24.2 Å². The van der Waals surface area contributed by atoms with Crippen LogP contribution in [0.15, 0.2) is 41.3 Å². The number of fused-ring (bicyclic) bond motifs is 1. The molecule has 1 aliphatic heterocycles. The summed E-state index contributed by atoms with van der Waals surface area (Å²) in [6.45, 7) is 4.13. The molecule has 0 bridgehead atoms. The molecule has 2 aromatic carbocycles. The second kappa shape index (κ2) is 10.3. The number of sulfone groups is 1. The zero-order chi connectivity index (χ0) is 24.2. The van der Waals surface area contributed by atoms with Crippen LogP contribution < -0.4 is 14.2 Å². The molecule has 8 heteroatoms. The van der Waals surface area contributed by atoms with Crippen LogP contribution in [0.1, 0.15) is 56.7 Å². The van der Waals surface area contributed by atoms with Crippen molar-refractivity contribution < 1.29 is 27.5 Å². The van der Waals surface area contributed by atoms with Crippen molar-refractivity contribution in [3.05, 3.63) is 47.5 Å². The number of benzene rings is 2. The first-order valence-corrected chi connectivity index (χ1v) is 12.9. The highest BCUT2D eigenvalue weighted by Gasteiger charge is 2.50. The maximum Gasteiger partial charge on any atom is 0.204 e.